The van der Waals surface area contributed by atoms with Crippen LogP contribution in [0.2, 0.25) is 0 Å². The van der Waals surface area contributed by atoms with Crippen LogP contribution in [0, 0.1) is 0 Å². The summed E-state index contributed by atoms with van der Waals surface area (Å²) in [5.74, 6) is 0. The Morgan fingerprint density at radius 2 is 0.917 bits per heavy atom. The van der Waals surface area contributed by atoms with E-state index in [9.17, 15) is 43.2 Å². The minimum Gasteiger partial charge on any atom is -0.260 e. The molecule has 24 heavy (non-hydrogen) atoms. The maximum atomic E-state index is 12.0. The summed E-state index contributed by atoms with van der Waals surface area (Å²) < 4.78 is 126. The molecule has 0 aliphatic heterocycles. The fraction of sp³-hybridized carbons (Fsp3) is 1.00. The van der Waals surface area contributed by atoms with Crippen molar-refractivity contribution in [2.75, 3.05) is 13.2 Å². The van der Waals surface area contributed by atoms with Crippen molar-refractivity contribution in [2.45, 2.75) is 48.5 Å². The Hall–Kier alpha value is -0.600. The largest absolute Gasteiger partial charge is 0.413 e. The van der Waals surface area contributed by atoms with Gasteiger partial charge >= 0.3 is 12.4 Å². The summed E-state index contributed by atoms with van der Waals surface area (Å²) in [4.78, 5) is 0. The van der Waals surface area contributed by atoms with Crippen LogP contribution < -0.4 is 0 Å². The first-order valence-corrected chi connectivity index (χ1v) is 9.47. The van der Waals surface area contributed by atoms with Gasteiger partial charge in [0.15, 0.2) is 13.2 Å². The van der Waals surface area contributed by atoms with Crippen LogP contribution in [0.1, 0.15) is 25.7 Å². The van der Waals surface area contributed by atoms with E-state index >= 15 is 0 Å². The van der Waals surface area contributed by atoms with Gasteiger partial charge in [0.1, 0.15) is 0 Å². The monoisotopic (exact) mass is 408 g/mol. The van der Waals surface area contributed by atoms with Crippen molar-refractivity contribution in [3.63, 3.8) is 0 Å². The smallest absolute Gasteiger partial charge is 0.260 e. The second-order valence-electron chi connectivity index (χ2n) is 5.14. The zero-order chi connectivity index (χ0) is 18.8. The molecule has 0 N–H and O–H groups in total. The highest BCUT2D eigenvalue weighted by atomic mass is 32.2. The van der Waals surface area contributed by atoms with Crippen LogP contribution in [0.15, 0.2) is 0 Å². The van der Waals surface area contributed by atoms with Crippen molar-refractivity contribution in [3.05, 3.63) is 0 Å². The maximum absolute atomic E-state index is 12.0. The fourth-order valence-corrected chi connectivity index (χ4v) is 4.78. The van der Waals surface area contributed by atoms with Gasteiger partial charge in [-0.15, -0.1) is 0 Å². The maximum Gasteiger partial charge on any atom is 0.413 e. The Bertz CT molecular complexity index is 559. The van der Waals surface area contributed by atoms with E-state index in [1.54, 1.807) is 0 Å². The average Bonchev–Trinajstić information content (AvgIpc) is 2.42. The summed E-state index contributed by atoms with van der Waals surface area (Å²) in [6.45, 7) is -4.00. The second-order valence-corrected chi connectivity index (χ2v) is 8.91. The number of halogens is 6. The third-order valence-electron chi connectivity index (χ3n) is 3.21. The summed E-state index contributed by atoms with van der Waals surface area (Å²) >= 11 is 0. The fourth-order valence-electron chi connectivity index (χ4n) is 2.10. The van der Waals surface area contributed by atoms with E-state index in [0.29, 0.717) is 0 Å². The van der Waals surface area contributed by atoms with Crippen LogP contribution in [-0.4, -0.2) is 52.9 Å². The summed E-state index contributed by atoms with van der Waals surface area (Å²) in [6.07, 6.45) is -11.1. The molecule has 0 bridgehead atoms. The topological polar surface area (TPSA) is 86.7 Å². The Labute approximate surface area is 134 Å². The molecule has 0 unspecified atom stereocenters. The summed E-state index contributed by atoms with van der Waals surface area (Å²) in [5, 5.41) is -2.71. The molecule has 0 spiro atoms. The molecule has 144 valence electrons. The van der Waals surface area contributed by atoms with E-state index in [0.717, 1.165) is 0 Å². The molecule has 0 radical (unpaired) electrons. The van der Waals surface area contributed by atoms with Crippen molar-refractivity contribution in [3.8, 4) is 0 Å². The Kier molecular flexibility index (Phi) is 6.55. The van der Waals surface area contributed by atoms with Crippen molar-refractivity contribution in [1.29, 1.82) is 0 Å². The summed E-state index contributed by atoms with van der Waals surface area (Å²) in [5.41, 5.74) is 0. The number of alkyl halides is 6. The Balaban J connectivity index is 2.60. The molecule has 0 aromatic carbocycles. The molecule has 0 aromatic rings. The van der Waals surface area contributed by atoms with Gasteiger partial charge in [0.25, 0.3) is 20.2 Å². The van der Waals surface area contributed by atoms with Gasteiger partial charge in [0.2, 0.25) is 0 Å². The highest BCUT2D eigenvalue weighted by Crippen LogP contribution is 2.31. The predicted octanol–water partition coefficient (Wildman–Crippen LogP) is 2.12. The zero-order valence-corrected chi connectivity index (χ0v) is 13.6. The van der Waals surface area contributed by atoms with Gasteiger partial charge in [0, 0.05) is 0 Å². The van der Waals surface area contributed by atoms with Gasteiger partial charge in [-0.3, -0.25) is 8.37 Å². The molecule has 0 amide bonds. The average molecular weight is 408 g/mol. The van der Waals surface area contributed by atoms with Crippen molar-refractivity contribution >= 4 is 20.2 Å². The normalized spacial score (nSPS) is 24.1. The van der Waals surface area contributed by atoms with Gasteiger partial charge in [-0.25, -0.2) is 0 Å². The molecule has 1 saturated carbocycles. The lowest BCUT2D eigenvalue weighted by atomic mass is 10.00. The highest BCUT2D eigenvalue weighted by Gasteiger charge is 2.40. The number of hydrogen-bond acceptors (Lipinski definition) is 6. The van der Waals surface area contributed by atoms with Crippen LogP contribution >= 0.6 is 0 Å². The molecule has 0 aromatic heterocycles. The summed E-state index contributed by atoms with van der Waals surface area (Å²) in [6, 6.07) is 0. The standard InChI is InChI=1S/C10H14F6O6S2/c11-9(12,13)5-21-23(17,18)7-1-2-8(4-3-7)24(19,20)22-6-10(14,15)16/h7-8H,1-6H2. The van der Waals surface area contributed by atoms with Gasteiger partial charge in [-0.05, 0) is 25.7 Å². The lowest BCUT2D eigenvalue weighted by Gasteiger charge is -2.27. The minimum atomic E-state index is -4.85. The third-order valence-corrected chi connectivity index (χ3v) is 6.68. The van der Waals surface area contributed by atoms with Gasteiger partial charge < -0.3 is 0 Å². The van der Waals surface area contributed by atoms with Crippen molar-refractivity contribution in [1.82, 2.24) is 0 Å². The number of rotatable bonds is 6. The van der Waals surface area contributed by atoms with E-state index in [-0.39, 0.29) is 25.7 Å². The minimum absolute atomic E-state index is 0.362. The van der Waals surface area contributed by atoms with E-state index < -0.39 is 56.3 Å². The number of hydrogen-bond donors (Lipinski definition) is 0. The quantitative estimate of drug-likeness (QED) is 0.494. The Morgan fingerprint density at radius 1 is 0.667 bits per heavy atom. The molecule has 1 aliphatic rings. The lowest BCUT2D eigenvalue weighted by molar-refractivity contribution is -0.153. The van der Waals surface area contributed by atoms with Gasteiger partial charge in [-0.1, -0.05) is 0 Å². The van der Waals surface area contributed by atoms with Gasteiger partial charge in [0.05, 0.1) is 10.5 Å². The van der Waals surface area contributed by atoms with E-state index in [2.05, 4.69) is 8.37 Å². The first-order chi connectivity index (χ1) is 10.6. The molecule has 0 atom stereocenters. The summed E-state index contributed by atoms with van der Waals surface area (Å²) in [7, 11) is -9.11. The molecular formula is C10H14F6O6S2. The van der Waals surface area contributed by atoms with Gasteiger partial charge in [-0.2, -0.15) is 43.2 Å². The first kappa shape index (κ1) is 21.4. The van der Waals surface area contributed by atoms with E-state index in [1.807, 2.05) is 0 Å². The molecular weight excluding hydrogens is 394 g/mol. The third kappa shape index (κ3) is 7.11. The molecule has 14 heteroatoms. The molecule has 0 saturated heterocycles. The lowest BCUT2D eigenvalue weighted by Crippen LogP contribution is -2.36. The molecule has 1 fully saturated rings. The zero-order valence-electron chi connectivity index (χ0n) is 11.9. The van der Waals surface area contributed by atoms with E-state index in [4.69, 9.17) is 0 Å². The van der Waals surface area contributed by atoms with Crippen LogP contribution in [0.3, 0.4) is 0 Å². The first-order valence-electron chi connectivity index (χ1n) is 6.52. The van der Waals surface area contributed by atoms with Crippen LogP contribution in [0.25, 0.3) is 0 Å². The SMILES string of the molecule is O=S(=O)(OCC(F)(F)F)C1CCC(S(=O)(=O)OCC(F)(F)F)CC1. The van der Waals surface area contributed by atoms with E-state index in [1.165, 1.54) is 0 Å². The Morgan fingerprint density at radius 3 is 1.12 bits per heavy atom. The molecule has 1 aliphatic carbocycles. The van der Waals surface area contributed by atoms with Crippen LogP contribution in [0.4, 0.5) is 26.3 Å². The molecule has 6 nitrogen and oxygen atoms in total. The predicted molar refractivity (Wildman–Crippen MR) is 67.9 cm³/mol. The highest BCUT2D eigenvalue weighted by molar-refractivity contribution is 7.87. The van der Waals surface area contributed by atoms with Crippen LogP contribution in [0.5, 0.6) is 0 Å². The molecule has 1 rings (SSSR count). The van der Waals surface area contributed by atoms with Crippen LogP contribution in [-0.2, 0) is 28.6 Å². The van der Waals surface area contributed by atoms with Crippen molar-refractivity contribution in [2.24, 2.45) is 0 Å². The van der Waals surface area contributed by atoms with Crippen molar-refractivity contribution < 1.29 is 51.5 Å². The molecule has 0 heterocycles. The second kappa shape index (κ2) is 7.33.